The van der Waals surface area contributed by atoms with Gasteiger partial charge in [-0.2, -0.15) is 5.10 Å². The highest BCUT2D eigenvalue weighted by atomic mass is 127. The molecule has 0 aliphatic heterocycles. The molecule has 0 atom stereocenters. The van der Waals surface area contributed by atoms with Crippen molar-refractivity contribution in [1.29, 1.82) is 0 Å². The number of rotatable bonds is 2. The minimum atomic E-state index is 0. The summed E-state index contributed by atoms with van der Waals surface area (Å²) in [6.45, 7) is 0.666. The second kappa shape index (κ2) is 6.72. The smallest absolute Gasteiger partial charge is 0.195 e. The van der Waals surface area contributed by atoms with Crippen molar-refractivity contribution in [3.05, 3.63) is 18.0 Å². The minimum absolute atomic E-state index is 0. The van der Waals surface area contributed by atoms with Crippen LogP contribution in [0.15, 0.2) is 17.4 Å². The van der Waals surface area contributed by atoms with Gasteiger partial charge in [0.05, 0.1) is 12.7 Å². The van der Waals surface area contributed by atoms with Gasteiger partial charge in [-0.1, -0.05) is 0 Å². The first-order chi connectivity index (χ1) is 7.00. The first-order valence-corrected chi connectivity index (χ1v) is 4.87. The number of nitrogens with zero attached hydrogens (tertiary/aromatic N) is 5. The Kier molecular flexibility index (Phi) is 6.39. The molecule has 0 N–H and O–H groups in total. The number of aromatic nitrogens is 2. The highest BCUT2D eigenvalue weighted by Gasteiger charge is 2.03. The monoisotopic (exact) mass is 337 g/mol. The molecule has 0 aliphatic carbocycles. The zero-order chi connectivity index (χ0) is 11.4. The second-order valence-electron chi connectivity index (χ2n) is 3.93. The Bertz CT molecular complexity index is 333. The van der Waals surface area contributed by atoms with Gasteiger partial charge in [-0.15, -0.1) is 24.0 Å². The maximum atomic E-state index is 4.52. The molecular weight excluding hydrogens is 317 g/mol. The molecule has 0 aliphatic rings. The van der Waals surface area contributed by atoms with Crippen molar-refractivity contribution in [2.24, 2.45) is 12.0 Å². The van der Waals surface area contributed by atoms with Crippen LogP contribution in [0.2, 0.25) is 0 Å². The standard InChI is InChI=1S/C10H19N5.HI/c1-13(2)10(14(3)4)11-6-9-7-12-15(5)8-9;/h7-8H,6H2,1-5H3;1H. The summed E-state index contributed by atoms with van der Waals surface area (Å²) >= 11 is 0. The molecule has 92 valence electrons. The van der Waals surface area contributed by atoms with Crippen LogP contribution in [0.4, 0.5) is 0 Å². The first-order valence-electron chi connectivity index (χ1n) is 4.87. The van der Waals surface area contributed by atoms with Crippen molar-refractivity contribution < 1.29 is 0 Å². The molecule has 6 heteroatoms. The van der Waals surface area contributed by atoms with E-state index in [-0.39, 0.29) is 24.0 Å². The third-order valence-corrected chi connectivity index (χ3v) is 1.96. The molecule has 0 saturated heterocycles. The Hall–Kier alpha value is -0.790. The SMILES string of the molecule is CN(C)C(=NCc1cnn(C)c1)N(C)C.I. The summed E-state index contributed by atoms with van der Waals surface area (Å²) in [4.78, 5) is 8.51. The number of aliphatic imine (C=N–C) groups is 1. The summed E-state index contributed by atoms with van der Waals surface area (Å²) in [5.41, 5.74) is 1.12. The van der Waals surface area contributed by atoms with E-state index in [0.717, 1.165) is 11.5 Å². The molecule has 0 saturated carbocycles. The van der Waals surface area contributed by atoms with E-state index in [0.29, 0.717) is 6.54 Å². The average Bonchev–Trinajstić information content (AvgIpc) is 2.50. The van der Waals surface area contributed by atoms with Crippen molar-refractivity contribution in [2.75, 3.05) is 28.2 Å². The van der Waals surface area contributed by atoms with Crippen molar-refractivity contribution in [1.82, 2.24) is 19.6 Å². The minimum Gasteiger partial charge on any atom is -0.349 e. The van der Waals surface area contributed by atoms with Crippen LogP contribution in [0, 0.1) is 0 Å². The molecule has 0 radical (unpaired) electrons. The van der Waals surface area contributed by atoms with Crippen molar-refractivity contribution >= 4 is 29.9 Å². The average molecular weight is 337 g/mol. The van der Waals surface area contributed by atoms with Crippen LogP contribution in [-0.2, 0) is 13.6 Å². The van der Waals surface area contributed by atoms with E-state index in [1.807, 2.05) is 57.4 Å². The van der Waals surface area contributed by atoms with Crippen LogP contribution in [0.3, 0.4) is 0 Å². The number of hydrogen-bond donors (Lipinski definition) is 0. The van der Waals surface area contributed by atoms with E-state index in [4.69, 9.17) is 0 Å². The van der Waals surface area contributed by atoms with Gasteiger partial charge in [0.15, 0.2) is 5.96 Å². The fraction of sp³-hybridized carbons (Fsp3) is 0.600. The van der Waals surface area contributed by atoms with Gasteiger partial charge < -0.3 is 9.80 Å². The van der Waals surface area contributed by atoms with E-state index in [2.05, 4.69) is 10.1 Å². The van der Waals surface area contributed by atoms with E-state index in [1.165, 1.54) is 0 Å². The molecule has 0 fully saturated rings. The largest absolute Gasteiger partial charge is 0.349 e. The van der Waals surface area contributed by atoms with Crippen molar-refractivity contribution in [3.8, 4) is 0 Å². The molecule has 0 unspecified atom stereocenters. The molecule has 5 nitrogen and oxygen atoms in total. The van der Waals surface area contributed by atoms with Crippen LogP contribution in [0.5, 0.6) is 0 Å². The lowest BCUT2D eigenvalue weighted by molar-refractivity contribution is 0.479. The Balaban J connectivity index is 0.00000225. The number of aryl methyl sites for hydroxylation is 1. The normalized spacial score (nSPS) is 9.31. The van der Waals surface area contributed by atoms with Gasteiger partial charge in [0, 0.05) is 47.0 Å². The highest BCUT2D eigenvalue weighted by Crippen LogP contribution is 2.00. The van der Waals surface area contributed by atoms with E-state index in [1.54, 1.807) is 4.68 Å². The van der Waals surface area contributed by atoms with E-state index in [9.17, 15) is 0 Å². The Morgan fingerprint density at radius 3 is 2.25 bits per heavy atom. The molecule has 0 amide bonds. The van der Waals surface area contributed by atoms with Gasteiger partial charge >= 0.3 is 0 Å². The topological polar surface area (TPSA) is 36.7 Å². The summed E-state index contributed by atoms with van der Waals surface area (Å²) in [6, 6.07) is 0. The Labute approximate surface area is 114 Å². The van der Waals surface area contributed by atoms with Crippen molar-refractivity contribution in [2.45, 2.75) is 6.54 Å². The van der Waals surface area contributed by atoms with Crippen LogP contribution < -0.4 is 0 Å². The zero-order valence-electron chi connectivity index (χ0n) is 10.5. The predicted molar refractivity (Wildman–Crippen MR) is 77.1 cm³/mol. The molecule has 1 aromatic heterocycles. The summed E-state index contributed by atoms with van der Waals surface area (Å²) in [5.74, 6) is 0.957. The van der Waals surface area contributed by atoms with Gasteiger partial charge in [-0.05, 0) is 0 Å². The summed E-state index contributed by atoms with van der Waals surface area (Å²) in [7, 11) is 9.86. The molecule has 0 spiro atoms. The van der Waals surface area contributed by atoms with Crippen molar-refractivity contribution in [3.63, 3.8) is 0 Å². The lowest BCUT2D eigenvalue weighted by atomic mass is 10.4. The number of guanidine groups is 1. The third kappa shape index (κ3) is 4.38. The van der Waals surface area contributed by atoms with Crippen LogP contribution in [0.25, 0.3) is 0 Å². The third-order valence-electron chi connectivity index (χ3n) is 1.96. The summed E-state index contributed by atoms with van der Waals surface area (Å²) in [6.07, 6.45) is 3.82. The van der Waals surface area contributed by atoms with Crippen LogP contribution in [0.1, 0.15) is 5.56 Å². The van der Waals surface area contributed by atoms with Gasteiger partial charge in [0.25, 0.3) is 0 Å². The quantitative estimate of drug-likeness (QED) is 0.459. The van der Waals surface area contributed by atoms with E-state index >= 15 is 0 Å². The lowest BCUT2D eigenvalue weighted by Gasteiger charge is -2.22. The van der Waals surface area contributed by atoms with Gasteiger partial charge in [0.1, 0.15) is 0 Å². The molecule has 1 rings (SSSR count). The van der Waals surface area contributed by atoms with Gasteiger partial charge in [-0.3, -0.25) is 4.68 Å². The molecule has 0 aromatic carbocycles. The molecule has 1 heterocycles. The zero-order valence-corrected chi connectivity index (χ0v) is 12.8. The Morgan fingerprint density at radius 2 is 1.88 bits per heavy atom. The van der Waals surface area contributed by atoms with Crippen LogP contribution in [-0.4, -0.2) is 53.7 Å². The number of hydrogen-bond acceptors (Lipinski definition) is 2. The van der Waals surface area contributed by atoms with Gasteiger partial charge in [-0.25, -0.2) is 4.99 Å². The fourth-order valence-electron chi connectivity index (χ4n) is 1.40. The maximum Gasteiger partial charge on any atom is 0.195 e. The molecular formula is C10H20IN5. The molecule has 1 aromatic rings. The second-order valence-corrected chi connectivity index (χ2v) is 3.93. The lowest BCUT2D eigenvalue weighted by Crippen LogP contribution is -2.35. The first kappa shape index (κ1) is 15.2. The Morgan fingerprint density at radius 1 is 1.31 bits per heavy atom. The summed E-state index contributed by atoms with van der Waals surface area (Å²) in [5, 5.41) is 4.10. The summed E-state index contributed by atoms with van der Waals surface area (Å²) < 4.78 is 1.79. The highest BCUT2D eigenvalue weighted by molar-refractivity contribution is 14.0. The molecule has 16 heavy (non-hydrogen) atoms. The van der Waals surface area contributed by atoms with Gasteiger partial charge in [0.2, 0.25) is 0 Å². The van der Waals surface area contributed by atoms with E-state index < -0.39 is 0 Å². The fourth-order valence-corrected chi connectivity index (χ4v) is 1.40. The van der Waals surface area contributed by atoms with Crippen LogP contribution >= 0.6 is 24.0 Å². The molecule has 0 bridgehead atoms. The maximum absolute atomic E-state index is 4.52. The number of halogens is 1. The predicted octanol–water partition coefficient (Wildman–Crippen LogP) is 1.02.